The molecule has 208 valence electrons. The second-order valence-electron chi connectivity index (χ2n) is 9.44. The second kappa shape index (κ2) is 11.7. The van der Waals surface area contributed by atoms with Crippen molar-refractivity contribution < 1.29 is 22.7 Å². The van der Waals surface area contributed by atoms with E-state index in [0.29, 0.717) is 17.9 Å². The number of benzene rings is 2. The Hall–Kier alpha value is -3.57. The average Bonchev–Trinajstić information content (AvgIpc) is 3.14. The summed E-state index contributed by atoms with van der Waals surface area (Å²) in [5, 5.41) is -0.0234. The first-order valence-corrected chi connectivity index (χ1v) is 14.5. The van der Waals surface area contributed by atoms with Gasteiger partial charge in [-0.2, -0.15) is 0 Å². The number of hydrogen-bond acceptors (Lipinski definition) is 6. The maximum atomic E-state index is 13.3. The van der Waals surface area contributed by atoms with Crippen molar-refractivity contribution in [3.8, 4) is 5.69 Å². The number of sulfonamides is 1. The van der Waals surface area contributed by atoms with Crippen LogP contribution in [-0.2, 0) is 26.6 Å². The van der Waals surface area contributed by atoms with Gasteiger partial charge in [0.15, 0.2) is 6.61 Å². The number of anilines is 1. The number of carbonyl (C=O) groups excluding carboxylic acids is 2. The van der Waals surface area contributed by atoms with Crippen molar-refractivity contribution in [2.24, 2.45) is 7.05 Å². The Bertz CT molecular complexity index is 1550. The molecular weight excluding hydrogens is 544 g/mol. The van der Waals surface area contributed by atoms with Gasteiger partial charge in [-0.05, 0) is 62.9 Å². The van der Waals surface area contributed by atoms with Gasteiger partial charge in [-0.15, -0.1) is 0 Å². The van der Waals surface area contributed by atoms with Gasteiger partial charge >= 0.3 is 5.97 Å². The van der Waals surface area contributed by atoms with Gasteiger partial charge in [0.1, 0.15) is 5.69 Å². The molecule has 1 N–H and O–H groups in total. The molecule has 1 aromatic heterocycles. The minimum absolute atomic E-state index is 0.0234. The molecule has 0 bridgehead atoms. The van der Waals surface area contributed by atoms with Gasteiger partial charge in [0.05, 0.1) is 21.8 Å². The number of piperidine rings is 1. The molecule has 0 saturated carbocycles. The third kappa shape index (κ3) is 6.04. The average molecular weight is 575 g/mol. The van der Waals surface area contributed by atoms with E-state index in [9.17, 15) is 22.8 Å². The fourth-order valence-electron chi connectivity index (χ4n) is 4.76. The third-order valence-corrected chi connectivity index (χ3v) is 8.50. The van der Waals surface area contributed by atoms with Crippen molar-refractivity contribution in [1.82, 2.24) is 14.3 Å². The van der Waals surface area contributed by atoms with Crippen LogP contribution in [0.3, 0.4) is 0 Å². The van der Waals surface area contributed by atoms with Crippen molar-refractivity contribution in [1.29, 1.82) is 0 Å². The van der Waals surface area contributed by atoms with Crippen molar-refractivity contribution in [2.45, 2.75) is 50.5 Å². The van der Waals surface area contributed by atoms with E-state index in [1.807, 2.05) is 6.92 Å². The zero-order valence-electron chi connectivity index (χ0n) is 22.0. The zero-order valence-corrected chi connectivity index (χ0v) is 23.6. The lowest BCUT2D eigenvalue weighted by Crippen LogP contribution is -2.45. The van der Waals surface area contributed by atoms with Gasteiger partial charge in [0, 0.05) is 24.7 Å². The van der Waals surface area contributed by atoms with Crippen molar-refractivity contribution in [3.63, 3.8) is 0 Å². The van der Waals surface area contributed by atoms with Crippen LogP contribution in [-0.4, -0.2) is 53.8 Å². The highest BCUT2D eigenvalue weighted by atomic mass is 35.5. The SMILES string of the molecule is CCC1CCCCN1C(=O)COC(=O)c1cc(Cl)cc(S(=O)(=O)Nc2c(C)n(C)n(-c3ccccc3)c2=O)c1. The van der Waals surface area contributed by atoms with E-state index in [2.05, 4.69) is 4.72 Å². The largest absolute Gasteiger partial charge is 0.452 e. The summed E-state index contributed by atoms with van der Waals surface area (Å²) in [5.74, 6) is -1.17. The standard InChI is InChI=1S/C27H31ClN4O6S/c1-4-21-10-8-9-13-31(21)24(33)17-38-27(35)19-14-20(28)16-23(15-19)39(36,37)29-25-18(2)30(3)32(26(25)34)22-11-6-5-7-12-22/h5-7,11-12,14-16,21,29H,4,8-10,13,17H2,1-3H3. The number of rotatable bonds is 8. The first kappa shape index (κ1) is 28.4. The molecule has 2 aromatic carbocycles. The molecule has 0 aliphatic carbocycles. The Morgan fingerprint density at radius 1 is 1.13 bits per heavy atom. The Kier molecular flexibility index (Phi) is 8.51. The van der Waals surface area contributed by atoms with Crippen LogP contribution in [0.1, 0.15) is 48.7 Å². The summed E-state index contributed by atoms with van der Waals surface area (Å²) in [6.07, 6.45) is 3.68. The van der Waals surface area contributed by atoms with E-state index >= 15 is 0 Å². The lowest BCUT2D eigenvalue weighted by atomic mass is 10.00. The number of halogens is 1. The normalized spacial score (nSPS) is 15.7. The van der Waals surface area contributed by atoms with Crippen LogP contribution in [0.5, 0.6) is 0 Å². The number of ether oxygens (including phenoxy) is 1. The monoisotopic (exact) mass is 574 g/mol. The van der Waals surface area contributed by atoms with Crippen LogP contribution in [0.25, 0.3) is 5.69 Å². The molecule has 3 aromatic rings. The summed E-state index contributed by atoms with van der Waals surface area (Å²) in [6.45, 7) is 3.79. The molecule has 1 unspecified atom stereocenters. The summed E-state index contributed by atoms with van der Waals surface area (Å²) in [5.41, 5.74) is 0.121. The fraction of sp³-hybridized carbons (Fsp3) is 0.370. The molecule has 12 heteroatoms. The van der Waals surface area contributed by atoms with Gasteiger partial charge in [-0.1, -0.05) is 36.7 Å². The molecule has 10 nitrogen and oxygen atoms in total. The summed E-state index contributed by atoms with van der Waals surface area (Å²) < 4.78 is 37.0. The van der Waals surface area contributed by atoms with Crippen molar-refractivity contribution in [2.75, 3.05) is 17.9 Å². The highest BCUT2D eigenvalue weighted by molar-refractivity contribution is 7.92. The van der Waals surface area contributed by atoms with Gasteiger partial charge in [0.2, 0.25) is 0 Å². The molecule has 1 atom stereocenters. The molecule has 0 spiro atoms. The number of nitrogens with one attached hydrogen (secondary N) is 1. The number of nitrogens with zero attached hydrogens (tertiary/aromatic N) is 3. The molecule has 0 radical (unpaired) electrons. The second-order valence-corrected chi connectivity index (χ2v) is 11.6. The van der Waals surface area contributed by atoms with Crippen LogP contribution in [0.15, 0.2) is 58.2 Å². The van der Waals surface area contributed by atoms with E-state index < -0.39 is 28.2 Å². The molecule has 39 heavy (non-hydrogen) atoms. The van der Waals surface area contributed by atoms with Crippen LogP contribution in [0.4, 0.5) is 5.69 Å². The van der Waals surface area contributed by atoms with Gasteiger partial charge in [0.25, 0.3) is 21.5 Å². The minimum Gasteiger partial charge on any atom is -0.452 e. The number of esters is 1. The van der Waals surface area contributed by atoms with E-state index in [1.165, 1.54) is 16.8 Å². The van der Waals surface area contributed by atoms with Crippen LogP contribution in [0.2, 0.25) is 5.02 Å². The van der Waals surface area contributed by atoms with Crippen LogP contribution < -0.4 is 10.3 Å². The molecule has 2 heterocycles. The van der Waals surface area contributed by atoms with Gasteiger partial charge < -0.3 is 9.64 Å². The molecular formula is C27H31ClN4O6S. The third-order valence-electron chi connectivity index (χ3n) is 6.95. The lowest BCUT2D eigenvalue weighted by Gasteiger charge is -2.35. The minimum atomic E-state index is -4.33. The van der Waals surface area contributed by atoms with Crippen LogP contribution in [0, 0.1) is 6.92 Å². The number of para-hydroxylation sites is 1. The van der Waals surface area contributed by atoms with Crippen molar-refractivity contribution >= 4 is 39.2 Å². The molecule has 1 saturated heterocycles. The first-order valence-electron chi connectivity index (χ1n) is 12.7. The molecule has 1 aliphatic rings. The van der Waals surface area contributed by atoms with Crippen LogP contribution >= 0.6 is 11.6 Å². The lowest BCUT2D eigenvalue weighted by molar-refractivity contribution is -0.138. The summed E-state index contributed by atoms with van der Waals surface area (Å²) >= 11 is 6.15. The maximum Gasteiger partial charge on any atom is 0.338 e. The van der Waals surface area contributed by atoms with E-state index in [1.54, 1.807) is 53.9 Å². The summed E-state index contributed by atoms with van der Waals surface area (Å²) in [7, 11) is -2.68. The molecule has 4 rings (SSSR count). The smallest absolute Gasteiger partial charge is 0.338 e. The summed E-state index contributed by atoms with van der Waals surface area (Å²) in [4.78, 5) is 40.0. The van der Waals surface area contributed by atoms with Gasteiger partial charge in [-0.3, -0.25) is 19.0 Å². The number of carbonyl (C=O) groups is 2. The van der Waals surface area contributed by atoms with E-state index in [4.69, 9.17) is 16.3 Å². The summed E-state index contributed by atoms with van der Waals surface area (Å²) in [6, 6.07) is 12.4. The molecule has 1 amide bonds. The predicted octanol–water partition coefficient (Wildman–Crippen LogP) is 3.89. The topological polar surface area (TPSA) is 120 Å². The molecule has 1 fully saturated rings. The maximum absolute atomic E-state index is 13.3. The number of hydrogen-bond donors (Lipinski definition) is 1. The number of aromatic nitrogens is 2. The highest BCUT2D eigenvalue weighted by Crippen LogP contribution is 2.24. The Balaban J connectivity index is 1.54. The zero-order chi connectivity index (χ0) is 28.3. The highest BCUT2D eigenvalue weighted by Gasteiger charge is 2.27. The Labute approximate surface area is 232 Å². The predicted molar refractivity (Wildman–Crippen MR) is 148 cm³/mol. The van der Waals surface area contributed by atoms with E-state index in [0.717, 1.165) is 31.7 Å². The number of amides is 1. The molecule has 1 aliphatic heterocycles. The number of likely N-dealkylation sites (tertiary alicyclic amines) is 1. The Morgan fingerprint density at radius 3 is 2.54 bits per heavy atom. The first-order chi connectivity index (χ1) is 18.5. The van der Waals surface area contributed by atoms with Crippen molar-refractivity contribution in [3.05, 3.63) is 75.2 Å². The fourth-order valence-corrected chi connectivity index (χ4v) is 6.25. The van der Waals surface area contributed by atoms with E-state index in [-0.39, 0.29) is 33.1 Å². The Morgan fingerprint density at radius 2 is 1.85 bits per heavy atom. The quantitative estimate of drug-likeness (QED) is 0.408. The van der Waals surface area contributed by atoms with Gasteiger partial charge in [-0.25, -0.2) is 17.9 Å².